The molecule has 0 aliphatic carbocycles. The van der Waals surface area contributed by atoms with Crippen molar-refractivity contribution in [1.82, 2.24) is 15.2 Å². The molecule has 0 unspecified atom stereocenters. The summed E-state index contributed by atoms with van der Waals surface area (Å²) in [6, 6.07) is 5.29. The molecule has 2 rings (SSSR count). The first-order valence-electron chi connectivity index (χ1n) is 5.37. The summed E-state index contributed by atoms with van der Waals surface area (Å²) in [4.78, 5) is 15.0. The van der Waals surface area contributed by atoms with E-state index in [2.05, 4.69) is 20.5 Å². The summed E-state index contributed by atoms with van der Waals surface area (Å²) in [6.45, 7) is 2.22. The second-order valence-corrected chi connectivity index (χ2v) is 3.74. The third kappa shape index (κ3) is 2.79. The van der Waals surface area contributed by atoms with Crippen LogP contribution < -0.4 is 5.32 Å². The molecule has 2 aromatic heterocycles. The topological polar surface area (TPSA) is 88.0 Å². The zero-order chi connectivity index (χ0) is 13.0. The van der Waals surface area contributed by atoms with Crippen molar-refractivity contribution in [1.29, 1.82) is 0 Å². The predicted octanol–water partition coefficient (Wildman–Crippen LogP) is 1.49. The molecule has 0 aliphatic rings. The maximum atomic E-state index is 11.0. The van der Waals surface area contributed by atoms with Crippen LogP contribution in [0.15, 0.2) is 30.6 Å². The van der Waals surface area contributed by atoms with Gasteiger partial charge in [0.25, 0.3) is 0 Å². The number of carboxylic acid groups (broad SMARTS) is 1. The van der Waals surface area contributed by atoms with Crippen LogP contribution in [0.1, 0.15) is 21.7 Å². The van der Waals surface area contributed by atoms with E-state index in [1.807, 2.05) is 6.07 Å². The predicted molar refractivity (Wildman–Crippen MR) is 65.3 cm³/mol. The molecule has 92 valence electrons. The summed E-state index contributed by atoms with van der Waals surface area (Å²) in [6.07, 6.45) is 2.93. The molecule has 0 fully saturated rings. The van der Waals surface area contributed by atoms with Crippen LogP contribution in [0.5, 0.6) is 0 Å². The number of anilines is 1. The molecule has 18 heavy (non-hydrogen) atoms. The molecule has 0 spiro atoms. The van der Waals surface area contributed by atoms with Gasteiger partial charge in [0.1, 0.15) is 5.56 Å². The maximum absolute atomic E-state index is 11.0. The fourth-order valence-corrected chi connectivity index (χ4v) is 1.49. The molecular formula is C12H12N4O2. The number of hydrogen-bond acceptors (Lipinski definition) is 5. The van der Waals surface area contributed by atoms with E-state index in [-0.39, 0.29) is 5.56 Å². The number of hydrogen-bond donors (Lipinski definition) is 2. The van der Waals surface area contributed by atoms with E-state index in [1.54, 1.807) is 25.3 Å². The summed E-state index contributed by atoms with van der Waals surface area (Å²) < 4.78 is 0. The lowest BCUT2D eigenvalue weighted by Crippen LogP contribution is -2.08. The Morgan fingerprint density at radius 1 is 1.50 bits per heavy atom. The van der Waals surface area contributed by atoms with E-state index in [1.165, 1.54) is 6.20 Å². The molecular weight excluding hydrogens is 232 g/mol. The highest BCUT2D eigenvalue weighted by molar-refractivity contribution is 5.93. The molecule has 2 N–H and O–H groups in total. The van der Waals surface area contributed by atoms with Gasteiger partial charge in [0.2, 0.25) is 0 Å². The lowest BCUT2D eigenvalue weighted by Gasteiger charge is -2.09. The number of nitrogens with zero attached hydrogens (tertiary/aromatic N) is 3. The number of nitrogens with one attached hydrogen (secondary N) is 1. The van der Waals surface area contributed by atoms with Crippen molar-refractivity contribution >= 4 is 11.7 Å². The minimum atomic E-state index is -1.01. The van der Waals surface area contributed by atoms with Crippen molar-refractivity contribution in [2.24, 2.45) is 0 Å². The van der Waals surface area contributed by atoms with E-state index < -0.39 is 5.97 Å². The van der Waals surface area contributed by atoms with Gasteiger partial charge in [0, 0.05) is 18.1 Å². The summed E-state index contributed by atoms with van der Waals surface area (Å²) in [5.41, 5.74) is 2.16. The van der Waals surface area contributed by atoms with Gasteiger partial charge in [0.05, 0.1) is 17.9 Å². The zero-order valence-corrected chi connectivity index (χ0v) is 9.79. The van der Waals surface area contributed by atoms with Crippen LogP contribution >= 0.6 is 0 Å². The summed E-state index contributed by atoms with van der Waals surface area (Å²) in [5.74, 6) is -1.01. The average Bonchev–Trinajstić information content (AvgIpc) is 2.37. The lowest BCUT2D eigenvalue weighted by atomic mass is 10.2. The van der Waals surface area contributed by atoms with E-state index >= 15 is 0 Å². The summed E-state index contributed by atoms with van der Waals surface area (Å²) in [5, 5.41) is 19.7. The van der Waals surface area contributed by atoms with Gasteiger partial charge in [-0.15, -0.1) is 0 Å². The van der Waals surface area contributed by atoms with E-state index in [9.17, 15) is 4.79 Å². The number of aromatic nitrogens is 3. The van der Waals surface area contributed by atoms with Gasteiger partial charge >= 0.3 is 5.97 Å². The first kappa shape index (κ1) is 12.0. The molecule has 0 saturated heterocycles. The largest absolute Gasteiger partial charge is 0.478 e. The Kier molecular flexibility index (Phi) is 3.47. The molecule has 0 amide bonds. The zero-order valence-electron chi connectivity index (χ0n) is 9.79. The van der Waals surface area contributed by atoms with Crippen molar-refractivity contribution < 1.29 is 9.90 Å². The summed E-state index contributed by atoms with van der Waals surface area (Å²) in [7, 11) is 0. The smallest absolute Gasteiger partial charge is 0.339 e. The monoisotopic (exact) mass is 244 g/mol. The van der Waals surface area contributed by atoms with Crippen LogP contribution in [0.3, 0.4) is 0 Å². The standard InChI is InChI=1S/C12H12N4O2/c1-8-5-11(10(7-13-8)12(17)18)14-6-9-3-2-4-15-16-9/h2-5,7H,6H2,1H3,(H,13,14)(H,17,18). The second kappa shape index (κ2) is 5.22. The fourth-order valence-electron chi connectivity index (χ4n) is 1.49. The van der Waals surface area contributed by atoms with Crippen molar-refractivity contribution in [2.45, 2.75) is 13.5 Å². The van der Waals surface area contributed by atoms with Crippen LogP contribution in [0, 0.1) is 6.92 Å². The van der Waals surface area contributed by atoms with E-state index in [4.69, 9.17) is 5.11 Å². The molecule has 0 aromatic carbocycles. The van der Waals surface area contributed by atoms with Gasteiger partial charge in [-0.25, -0.2) is 4.79 Å². The fraction of sp³-hybridized carbons (Fsp3) is 0.167. The average molecular weight is 244 g/mol. The highest BCUT2D eigenvalue weighted by atomic mass is 16.4. The lowest BCUT2D eigenvalue weighted by molar-refractivity contribution is 0.0697. The molecule has 6 nitrogen and oxygen atoms in total. The number of pyridine rings is 1. The number of aryl methyl sites for hydroxylation is 1. The van der Waals surface area contributed by atoms with Gasteiger partial charge in [-0.2, -0.15) is 10.2 Å². The minimum Gasteiger partial charge on any atom is -0.478 e. The number of carboxylic acids is 1. The molecule has 0 bridgehead atoms. The van der Waals surface area contributed by atoms with Gasteiger partial charge < -0.3 is 10.4 Å². The molecule has 0 saturated carbocycles. The van der Waals surface area contributed by atoms with Crippen LogP contribution in [-0.2, 0) is 6.54 Å². The Morgan fingerprint density at radius 3 is 3.00 bits per heavy atom. The second-order valence-electron chi connectivity index (χ2n) is 3.74. The number of carbonyl (C=O) groups is 1. The quantitative estimate of drug-likeness (QED) is 0.847. The molecule has 6 heteroatoms. The molecule has 2 heterocycles. The van der Waals surface area contributed by atoms with Crippen molar-refractivity contribution in [2.75, 3.05) is 5.32 Å². The third-order valence-corrected chi connectivity index (χ3v) is 2.36. The first-order chi connectivity index (χ1) is 8.66. The Balaban J connectivity index is 2.18. The molecule has 0 radical (unpaired) electrons. The number of aromatic carboxylic acids is 1. The minimum absolute atomic E-state index is 0.143. The first-order valence-corrected chi connectivity index (χ1v) is 5.37. The molecule has 0 atom stereocenters. The van der Waals surface area contributed by atoms with E-state index in [0.717, 1.165) is 11.4 Å². The maximum Gasteiger partial charge on any atom is 0.339 e. The molecule has 2 aromatic rings. The van der Waals surface area contributed by atoms with Crippen LogP contribution in [0.25, 0.3) is 0 Å². The normalized spacial score (nSPS) is 10.1. The van der Waals surface area contributed by atoms with Gasteiger partial charge in [-0.05, 0) is 25.1 Å². The highest BCUT2D eigenvalue weighted by Crippen LogP contribution is 2.16. The van der Waals surface area contributed by atoms with Crippen LogP contribution in [0.4, 0.5) is 5.69 Å². The highest BCUT2D eigenvalue weighted by Gasteiger charge is 2.10. The van der Waals surface area contributed by atoms with E-state index in [0.29, 0.717) is 12.2 Å². The SMILES string of the molecule is Cc1cc(NCc2cccnn2)c(C(=O)O)cn1. The number of rotatable bonds is 4. The Morgan fingerprint density at radius 2 is 2.33 bits per heavy atom. The van der Waals surface area contributed by atoms with Crippen molar-refractivity contribution in [3.05, 3.63) is 47.5 Å². The Labute approximate surface area is 104 Å². The van der Waals surface area contributed by atoms with Crippen LogP contribution in [-0.4, -0.2) is 26.3 Å². The van der Waals surface area contributed by atoms with Crippen molar-refractivity contribution in [3.63, 3.8) is 0 Å². The van der Waals surface area contributed by atoms with Gasteiger partial charge in [-0.1, -0.05) is 0 Å². The van der Waals surface area contributed by atoms with Gasteiger partial charge in [-0.3, -0.25) is 4.98 Å². The Bertz CT molecular complexity index is 557. The Hall–Kier alpha value is -2.50. The molecule has 0 aliphatic heterocycles. The van der Waals surface area contributed by atoms with Crippen molar-refractivity contribution in [3.8, 4) is 0 Å². The van der Waals surface area contributed by atoms with Crippen LogP contribution in [0.2, 0.25) is 0 Å². The van der Waals surface area contributed by atoms with Gasteiger partial charge in [0.15, 0.2) is 0 Å². The third-order valence-electron chi connectivity index (χ3n) is 2.36. The summed E-state index contributed by atoms with van der Waals surface area (Å²) >= 11 is 0.